The van der Waals surface area contributed by atoms with Crippen LogP contribution in [0.5, 0.6) is 0 Å². The number of halogens is 1. The van der Waals surface area contributed by atoms with Gasteiger partial charge in [-0.1, -0.05) is 19.1 Å². The van der Waals surface area contributed by atoms with E-state index in [-0.39, 0.29) is 17.1 Å². The van der Waals surface area contributed by atoms with Crippen molar-refractivity contribution in [3.63, 3.8) is 0 Å². The zero-order chi connectivity index (χ0) is 18.8. The van der Waals surface area contributed by atoms with Crippen molar-refractivity contribution in [3.05, 3.63) is 60.3 Å². The standard InChI is InChI=1S/C20H17FN4O2/c1-19(12-3-2-4-13(21)7-12)10-20(11-19)17(26)25(18(27)24-20)16-9-22-8-15-14(16)5-6-23-15/h2-9,23H,10-11H2,1H3,(H,24,27). The van der Waals surface area contributed by atoms with Crippen molar-refractivity contribution < 1.29 is 14.0 Å². The zero-order valence-electron chi connectivity index (χ0n) is 14.6. The molecule has 1 aromatic carbocycles. The number of carbonyl (C=O) groups is 2. The van der Waals surface area contributed by atoms with Gasteiger partial charge in [0.1, 0.15) is 11.4 Å². The highest BCUT2D eigenvalue weighted by Crippen LogP contribution is 2.53. The first-order chi connectivity index (χ1) is 12.9. The molecule has 1 saturated carbocycles. The molecule has 3 aromatic rings. The molecule has 2 aliphatic rings. The minimum atomic E-state index is -0.948. The first-order valence-electron chi connectivity index (χ1n) is 8.76. The van der Waals surface area contributed by atoms with Gasteiger partial charge in [-0.2, -0.15) is 0 Å². The highest BCUT2D eigenvalue weighted by molar-refractivity contribution is 6.26. The maximum Gasteiger partial charge on any atom is 0.329 e. The van der Waals surface area contributed by atoms with Gasteiger partial charge in [0.2, 0.25) is 0 Å². The Morgan fingerprint density at radius 1 is 1.19 bits per heavy atom. The highest BCUT2D eigenvalue weighted by atomic mass is 19.1. The van der Waals surface area contributed by atoms with Crippen LogP contribution < -0.4 is 10.2 Å². The molecule has 1 saturated heterocycles. The topological polar surface area (TPSA) is 78.1 Å². The highest BCUT2D eigenvalue weighted by Gasteiger charge is 2.64. The number of fused-ring (bicyclic) bond motifs is 1. The lowest BCUT2D eigenvalue weighted by molar-refractivity contribution is -0.127. The van der Waals surface area contributed by atoms with E-state index < -0.39 is 11.6 Å². The molecule has 3 amide bonds. The second-order valence-electron chi connectivity index (χ2n) is 7.67. The van der Waals surface area contributed by atoms with Gasteiger partial charge in [0, 0.05) is 11.6 Å². The van der Waals surface area contributed by atoms with E-state index in [0.29, 0.717) is 18.5 Å². The summed E-state index contributed by atoms with van der Waals surface area (Å²) in [4.78, 5) is 34.2. The molecule has 1 spiro atoms. The fourth-order valence-electron chi connectivity index (χ4n) is 4.57. The predicted octanol–water partition coefficient (Wildman–Crippen LogP) is 3.25. The summed E-state index contributed by atoms with van der Waals surface area (Å²) in [6.07, 6.45) is 5.78. The van der Waals surface area contributed by atoms with Crippen LogP contribution in [0.4, 0.5) is 14.9 Å². The van der Waals surface area contributed by atoms with Gasteiger partial charge in [-0.15, -0.1) is 0 Å². The molecule has 3 heterocycles. The second kappa shape index (κ2) is 5.16. The summed E-state index contributed by atoms with van der Waals surface area (Å²) in [6, 6.07) is 7.79. The molecule has 5 rings (SSSR count). The summed E-state index contributed by atoms with van der Waals surface area (Å²) < 4.78 is 13.6. The fraction of sp³-hybridized carbons (Fsp3) is 0.250. The van der Waals surface area contributed by atoms with E-state index in [4.69, 9.17) is 0 Å². The molecule has 27 heavy (non-hydrogen) atoms. The van der Waals surface area contributed by atoms with Gasteiger partial charge >= 0.3 is 6.03 Å². The Labute approximate surface area is 154 Å². The Kier molecular flexibility index (Phi) is 3.05. The Morgan fingerprint density at radius 2 is 2.00 bits per heavy atom. The molecule has 0 radical (unpaired) electrons. The van der Waals surface area contributed by atoms with Crippen molar-refractivity contribution >= 4 is 28.5 Å². The fourth-order valence-corrected chi connectivity index (χ4v) is 4.57. The SMILES string of the molecule is CC1(c2cccc(F)c2)CC2(C1)NC(=O)N(c1cncc3[nH]ccc13)C2=O. The van der Waals surface area contributed by atoms with Gasteiger partial charge < -0.3 is 10.3 Å². The first-order valence-corrected chi connectivity index (χ1v) is 8.76. The number of aromatic amines is 1. The van der Waals surface area contributed by atoms with Crippen LogP contribution in [0.15, 0.2) is 48.9 Å². The number of benzene rings is 1. The minimum absolute atomic E-state index is 0.281. The summed E-state index contributed by atoms with van der Waals surface area (Å²) in [5.74, 6) is -0.583. The molecule has 1 aliphatic carbocycles. The van der Waals surface area contributed by atoms with Crippen LogP contribution in [0.1, 0.15) is 25.3 Å². The predicted molar refractivity (Wildman–Crippen MR) is 97.8 cm³/mol. The van der Waals surface area contributed by atoms with Gasteiger partial charge in [0.15, 0.2) is 0 Å². The monoisotopic (exact) mass is 364 g/mol. The molecule has 6 nitrogen and oxygen atoms in total. The van der Waals surface area contributed by atoms with Gasteiger partial charge in [-0.05, 0) is 42.0 Å². The maximum absolute atomic E-state index is 13.6. The van der Waals surface area contributed by atoms with Crippen LogP contribution in [0.2, 0.25) is 0 Å². The Morgan fingerprint density at radius 3 is 2.78 bits per heavy atom. The summed E-state index contributed by atoms with van der Waals surface area (Å²) in [5.41, 5.74) is 0.749. The van der Waals surface area contributed by atoms with Crippen molar-refractivity contribution in [2.75, 3.05) is 4.90 Å². The van der Waals surface area contributed by atoms with Crippen LogP contribution in [0.3, 0.4) is 0 Å². The Bertz CT molecular complexity index is 1100. The molecular formula is C20H17FN4O2. The summed E-state index contributed by atoms with van der Waals surface area (Å²) in [6.45, 7) is 1.99. The van der Waals surface area contributed by atoms with Gasteiger partial charge in [-0.3, -0.25) is 9.78 Å². The van der Waals surface area contributed by atoms with E-state index in [9.17, 15) is 14.0 Å². The summed E-state index contributed by atoms with van der Waals surface area (Å²) in [5, 5.41) is 3.63. The summed E-state index contributed by atoms with van der Waals surface area (Å²) in [7, 11) is 0. The molecule has 2 N–H and O–H groups in total. The Hall–Kier alpha value is -3.22. The van der Waals surface area contributed by atoms with Gasteiger partial charge in [0.05, 0.1) is 23.6 Å². The zero-order valence-corrected chi connectivity index (χ0v) is 14.6. The number of H-pyrrole nitrogens is 1. The van der Waals surface area contributed by atoms with E-state index in [0.717, 1.165) is 16.5 Å². The van der Waals surface area contributed by atoms with Gasteiger partial charge in [0.25, 0.3) is 5.91 Å². The van der Waals surface area contributed by atoms with Crippen molar-refractivity contribution in [3.8, 4) is 0 Å². The van der Waals surface area contributed by atoms with Crippen molar-refractivity contribution in [1.82, 2.24) is 15.3 Å². The van der Waals surface area contributed by atoms with Crippen LogP contribution in [-0.4, -0.2) is 27.4 Å². The minimum Gasteiger partial charge on any atom is -0.360 e. The number of aromatic nitrogens is 2. The van der Waals surface area contributed by atoms with Gasteiger partial charge in [-0.25, -0.2) is 14.1 Å². The average molecular weight is 364 g/mol. The lowest BCUT2D eigenvalue weighted by atomic mass is 9.55. The number of rotatable bonds is 2. The van der Waals surface area contributed by atoms with Crippen LogP contribution in [0, 0.1) is 5.82 Å². The number of hydrogen-bond donors (Lipinski definition) is 2. The second-order valence-corrected chi connectivity index (χ2v) is 7.67. The number of urea groups is 1. The number of amides is 3. The molecule has 7 heteroatoms. The van der Waals surface area contributed by atoms with Crippen molar-refractivity contribution in [2.24, 2.45) is 0 Å². The average Bonchev–Trinajstić information content (AvgIpc) is 3.18. The maximum atomic E-state index is 13.6. The van der Waals surface area contributed by atoms with Crippen molar-refractivity contribution in [1.29, 1.82) is 0 Å². The van der Waals surface area contributed by atoms with E-state index >= 15 is 0 Å². The van der Waals surface area contributed by atoms with Crippen LogP contribution >= 0.6 is 0 Å². The number of pyridine rings is 1. The normalized spacial score (nSPS) is 27.3. The van der Waals surface area contributed by atoms with E-state index in [1.807, 2.05) is 19.1 Å². The molecule has 0 unspecified atom stereocenters. The van der Waals surface area contributed by atoms with E-state index in [1.165, 1.54) is 23.2 Å². The third-order valence-electron chi connectivity index (χ3n) is 5.76. The smallest absolute Gasteiger partial charge is 0.329 e. The number of nitrogens with one attached hydrogen (secondary N) is 2. The molecular weight excluding hydrogens is 347 g/mol. The molecule has 2 fully saturated rings. The Balaban J connectivity index is 1.48. The molecule has 0 bridgehead atoms. The molecule has 2 aromatic heterocycles. The lowest BCUT2D eigenvalue weighted by Gasteiger charge is -2.51. The van der Waals surface area contributed by atoms with Crippen molar-refractivity contribution in [2.45, 2.75) is 30.7 Å². The first kappa shape index (κ1) is 16.0. The number of carbonyl (C=O) groups excluding carboxylic acids is 2. The third kappa shape index (κ3) is 2.14. The molecule has 136 valence electrons. The quantitative estimate of drug-likeness (QED) is 0.685. The van der Waals surface area contributed by atoms with Crippen LogP contribution in [0.25, 0.3) is 10.9 Å². The van der Waals surface area contributed by atoms with Crippen LogP contribution in [-0.2, 0) is 10.2 Å². The third-order valence-corrected chi connectivity index (χ3v) is 5.76. The molecule has 1 aliphatic heterocycles. The number of nitrogens with zero attached hydrogens (tertiary/aromatic N) is 2. The summed E-state index contributed by atoms with van der Waals surface area (Å²) >= 11 is 0. The molecule has 0 atom stereocenters. The number of imide groups is 1. The lowest BCUT2D eigenvalue weighted by Crippen LogP contribution is -2.63. The number of anilines is 1. The number of hydrogen-bond acceptors (Lipinski definition) is 3. The largest absolute Gasteiger partial charge is 0.360 e. The van der Waals surface area contributed by atoms with E-state index in [2.05, 4.69) is 15.3 Å². The van der Waals surface area contributed by atoms with E-state index in [1.54, 1.807) is 18.5 Å².